The molecule has 1 saturated heterocycles. The lowest BCUT2D eigenvalue weighted by atomic mass is 9.88. The molecule has 2 N–H and O–H groups in total. The Labute approximate surface area is 194 Å². The molecule has 3 rings (SSSR count). The number of rotatable bonds is 9. The predicted molar refractivity (Wildman–Crippen MR) is 133 cm³/mol. The maximum Gasteiger partial charge on any atom is 0.225 e. The monoisotopic (exact) mass is 441 g/mol. The van der Waals surface area contributed by atoms with Crippen molar-refractivity contribution in [3.63, 3.8) is 0 Å². The molecule has 0 radical (unpaired) electrons. The zero-order valence-electron chi connectivity index (χ0n) is 20.4. The van der Waals surface area contributed by atoms with Gasteiger partial charge in [-0.3, -0.25) is 9.69 Å². The fourth-order valence-corrected chi connectivity index (χ4v) is 4.83. The van der Waals surface area contributed by atoms with Gasteiger partial charge >= 0.3 is 0 Å². The van der Waals surface area contributed by atoms with Crippen LogP contribution in [0.25, 0.3) is 0 Å². The summed E-state index contributed by atoms with van der Waals surface area (Å²) in [4.78, 5) is 22.2. The molecule has 1 saturated carbocycles. The Balaban J connectivity index is 1.51. The summed E-state index contributed by atoms with van der Waals surface area (Å²) in [5, 5.41) is 6.93. The van der Waals surface area contributed by atoms with Crippen LogP contribution in [0.15, 0.2) is 29.3 Å². The molecule has 6 nitrogen and oxygen atoms in total. The van der Waals surface area contributed by atoms with Crippen molar-refractivity contribution in [1.29, 1.82) is 0 Å². The van der Waals surface area contributed by atoms with Crippen LogP contribution in [-0.2, 0) is 17.9 Å². The van der Waals surface area contributed by atoms with Crippen molar-refractivity contribution < 1.29 is 4.79 Å². The standard InChI is InChI=1S/C26H43N5O/c1-4-27-26(28-18-21-12-14-22(15-13-21)19-30(5-2)6-3)29-24-16-17-31(20-24)25(32)23-10-8-7-9-11-23/h12-15,23-24H,4-11,16-20H2,1-3H3,(H2,27,28,29). The molecule has 2 aliphatic rings. The minimum Gasteiger partial charge on any atom is -0.357 e. The number of benzene rings is 1. The highest BCUT2D eigenvalue weighted by Crippen LogP contribution is 2.26. The third-order valence-electron chi connectivity index (χ3n) is 6.88. The van der Waals surface area contributed by atoms with Crippen LogP contribution in [0.1, 0.15) is 70.4 Å². The summed E-state index contributed by atoms with van der Waals surface area (Å²) in [5.74, 6) is 1.48. The Morgan fingerprint density at radius 3 is 2.38 bits per heavy atom. The average Bonchev–Trinajstić information content (AvgIpc) is 3.30. The van der Waals surface area contributed by atoms with Gasteiger partial charge in [-0.25, -0.2) is 4.99 Å². The van der Waals surface area contributed by atoms with Gasteiger partial charge in [-0.05, 0) is 50.4 Å². The van der Waals surface area contributed by atoms with E-state index in [0.717, 1.165) is 64.5 Å². The Kier molecular flexibility index (Phi) is 9.85. The molecular weight excluding hydrogens is 398 g/mol. The number of aliphatic imine (C=N–C) groups is 1. The van der Waals surface area contributed by atoms with Gasteiger partial charge in [0.15, 0.2) is 5.96 Å². The van der Waals surface area contributed by atoms with E-state index in [-0.39, 0.29) is 12.0 Å². The summed E-state index contributed by atoms with van der Waals surface area (Å²) in [7, 11) is 0. The smallest absolute Gasteiger partial charge is 0.225 e. The zero-order valence-corrected chi connectivity index (χ0v) is 20.4. The van der Waals surface area contributed by atoms with Gasteiger partial charge < -0.3 is 15.5 Å². The summed E-state index contributed by atoms with van der Waals surface area (Å²) >= 11 is 0. The zero-order chi connectivity index (χ0) is 22.8. The van der Waals surface area contributed by atoms with Crippen LogP contribution in [0.2, 0.25) is 0 Å². The van der Waals surface area contributed by atoms with Gasteiger partial charge in [-0.2, -0.15) is 0 Å². The molecular formula is C26H43N5O. The van der Waals surface area contributed by atoms with E-state index in [0.29, 0.717) is 12.5 Å². The normalized spacial score (nSPS) is 20.1. The van der Waals surface area contributed by atoms with Crippen LogP contribution >= 0.6 is 0 Å². The molecule has 1 heterocycles. The molecule has 1 amide bonds. The number of amides is 1. The first-order valence-electron chi connectivity index (χ1n) is 12.8. The van der Waals surface area contributed by atoms with Crippen molar-refractivity contribution in [3.8, 4) is 0 Å². The number of hydrogen-bond donors (Lipinski definition) is 2. The Morgan fingerprint density at radius 2 is 1.72 bits per heavy atom. The van der Waals surface area contributed by atoms with E-state index in [1.54, 1.807) is 0 Å². The van der Waals surface area contributed by atoms with Crippen LogP contribution in [0.5, 0.6) is 0 Å². The molecule has 0 aromatic heterocycles. The third kappa shape index (κ3) is 7.22. The van der Waals surface area contributed by atoms with Crippen molar-refractivity contribution in [2.45, 2.75) is 78.4 Å². The minimum atomic E-state index is 0.258. The topological polar surface area (TPSA) is 60.0 Å². The molecule has 32 heavy (non-hydrogen) atoms. The van der Waals surface area contributed by atoms with Gasteiger partial charge in [0.1, 0.15) is 0 Å². The summed E-state index contributed by atoms with van der Waals surface area (Å²) in [6.07, 6.45) is 6.84. The van der Waals surface area contributed by atoms with Crippen LogP contribution in [-0.4, -0.2) is 60.4 Å². The summed E-state index contributed by atoms with van der Waals surface area (Å²) in [5.41, 5.74) is 2.56. The van der Waals surface area contributed by atoms with E-state index < -0.39 is 0 Å². The van der Waals surface area contributed by atoms with E-state index in [9.17, 15) is 4.79 Å². The number of likely N-dealkylation sites (tertiary alicyclic amines) is 1. The number of carbonyl (C=O) groups is 1. The lowest BCUT2D eigenvalue weighted by Gasteiger charge is -2.26. The maximum absolute atomic E-state index is 12.9. The number of hydrogen-bond acceptors (Lipinski definition) is 3. The highest BCUT2D eigenvalue weighted by molar-refractivity contribution is 5.81. The van der Waals surface area contributed by atoms with Crippen LogP contribution in [0, 0.1) is 5.92 Å². The Hall–Kier alpha value is -2.08. The summed E-state index contributed by atoms with van der Waals surface area (Å²) in [6.45, 7) is 12.8. The highest BCUT2D eigenvalue weighted by Gasteiger charge is 2.31. The molecule has 2 fully saturated rings. The van der Waals surface area contributed by atoms with Crippen molar-refractivity contribution in [1.82, 2.24) is 20.4 Å². The predicted octanol–water partition coefficient (Wildman–Crippen LogP) is 3.76. The van der Waals surface area contributed by atoms with E-state index in [4.69, 9.17) is 4.99 Å². The van der Waals surface area contributed by atoms with Crippen molar-refractivity contribution >= 4 is 11.9 Å². The van der Waals surface area contributed by atoms with Gasteiger partial charge in [0.2, 0.25) is 5.91 Å². The molecule has 0 spiro atoms. The minimum absolute atomic E-state index is 0.258. The second kappa shape index (κ2) is 12.8. The van der Waals surface area contributed by atoms with Gasteiger partial charge in [0, 0.05) is 38.1 Å². The van der Waals surface area contributed by atoms with Crippen LogP contribution < -0.4 is 10.6 Å². The molecule has 1 atom stereocenters. The number of nitrogens with zero attached hydrogens (tertiary/aromatic N) is 3. The second-order valence-corrected chi connectivity index (χ2v) is 9.22. The molecule has 178 valence electrons. The summed E-state index contributed by atoms with van der Waals surface area (Å²) in [6, 6.07) is 9.08. The first kappa shape index (κ1) is 24.6. The number of guanidine groups is 1. The quantitative estimate of drug-likeness (QED) is 0.452. The fraction of sp³-hybridized carbons (Fsp3) is 0.692. The number of nitrogens with one attached hydrogen (secondary N) is 2. The first-order valence-corrected chi connectivity index (χ1v) is 12.8. The highest BCUT2D eigenvalue weighted by atomic mass is 16.2. The molecule has 1 aliphatic carbocycles. The van der Waals surface area contributed by atoms with E-state index in [2.05, 4.69) is 65.5 Å². The van der Waals surface area contributed by atoms with Crippen molar-refractivity contribution in [3.05, 3.63) is 35.4 Å². The summed E-state index contributed by atoms with van der Waals surface area (Å²) < 4.78 is 0. The van der Waals surface area contributed by atoms with Gasteiger partial charge in [0.25, 0.3) is 0 Å². The maximum atomic E-state index is 12.9. The Morgan fingerprint density at radius 1 is 1.03 bits per heavy atom. The molecule has 0 bridgehead atoms. The third-order valence-corrected chi connectivity index (χ3v) is 6.88. The molecule has 1 aliphatic heterocycles. The van der Waals surface area contributed by atoms with Gasteiger partial charge in [-0.1, -0.05) is 57.4 Å². The van der Waals surface area contributed by atoms with Crippen LogP contribution in [0.4, 0.5) is 0 Å². The Bertz CT molecular complexity index is 722. The van der Waals surface area contributed by atoms with E-state index in [1.165, 1.54) is 30.4 Å². The van der Waals surface area contributed by atoms with Gasteiger partial charge in [0.05, 0.1) is 6.54 Å². The molecule has 6 heteroatoms. The second-order valence-electron chi connectivity index (χ2n) is 9.22. The number of carbonyl (C=O) groups excluding carboxylic acids is 1. The first-order chi connectivity index (χ1) is 15.6. The average molecular weight is 442 g/mol. The lowest BCUT2D eigenvalue weighted by molar-refractivity contribution is -0.135. The molecule has 1 aromatic rings. The van der Waals surface area contributed by atoms with E-state index >= 15 is 0 Å². The van der Waals surface area contributed by atoms with Crippen LogP contribution in [0.3, 0.4) is 0 Å². The SMILES string of the molecule is CCNC(=NCc1ccc(CN(CC)CC)cc1)NC1CCN(C(=O)C2CCCCC2)C1. The van der Waals surface area contributed by atoms with Crippen molar-refractivity contribution in [2.24, 2.45) is 10.9 Å². The molecule has 1 unspecified atom stereocenters. The fourth-order valence-electron chi connectivity index (χ4n) is 4.83. The van der Waals surface area contributed by atoms with Crippen molar-refractivity contribution in [2.75, 3.05) is 32.7 Å². The largest absolute Gasteiger partial charge is 0.357 e. The van der Waals surface area contributed by atoms with E-state index in [1.807, 2.05) is 0 Å². The van der Waals surface area contributed by atoms with Gasteiger partial charge in [-0.15, -0.1) is 0 Å². The lowest BCUT2D eigenvalue weighted by Crippen LogP contribution is -2.45. The molecule has 1 aromatic carbocycles.